The predicted molar refractivity (Wildman–Crippen MR) is 104 cm³/mol. The van der Waals surface area contributed by atoms with E-state index in [-0.39, 0.29) is 18.3 Å². The Hall–Kier alpha value is -1.04. The minimum atomic E-state index is -0.284. The van der Waals surface area contributed by atoms with Crippen LogP contribution in [0.3, 0.4) is 0 Å². The lowest BCUT2D eigenvalue weighted by molar-refractivity contribution is 0.00578. The van der Waals surface area contributed by atoms with Crippen molar-refractivity contribution >= 4 is 18.3 Å². The van der Waals surface area contributed by atoms with E-state index in [2.05, 4.69) is 61.8 Å². The molecule has 0 spiro atoms. The molecule has 0 atom stereocenters. The van der Waals surface area contributed by atoms with Crippen LogP contribution in [0.2, 0.25) is 0 Å². The van der Waals surface area contributed by atoms with Gasteiger partial charge in [0.15, 0.2) is 0 Å². The van der Waals surface area contributed by atoms with Crippen LogP contribution >= 0.6 is 0 Å². The highest BCUT2D eigenvalue weighted by atomic mass is 16.7. The van der Waals surface area contributed by atoms with E-state index in [4.69, 9.17) is 9.31 Å². The third kappa shape index (κ3) is 3.60. The third-order valence-electron chi connectivity index (χ3n) is 6.37. The normalized spacial score (nSPS) is 26.2. The van der Waals surface area contributed by atoms with E-state index in [0.717, 1.165) is 24.5 Å². The van der Waals surface area contributed by atoms with Gasteiger partial charge in [-0.3, -0.25) is 4.90 Å². The monoisotopic (exact) mass is 342 g/mol. The SMILES string of the molecule is CC1(C)OB(c2ccc(N3CCN(CC4CC4)CC3)cc2)OC1(C)C. The summed E-state index contributed by atoms with van der Waals surface area (Å²) in [5.74, 6) is 0.991. The highest BCUT2D eigenvalue weighted by Gasteiger charge is 2.51. The number of hydrogen-bond acceptors (Lipinski definition) is 4. The van der Waals surface area contributed by atoms with E-state index < -0.39 is 0 Å². The Morgan fingerprint density at radius 1 is 0.920 bits per heavy atom. The van der Waals surface area contributed by atoms with E-state index in [1.165, 1.54) is 38.2 Å². The van der Waals surface area contributed by atoms with Crippen molar-refractivity contribution in [2.75, 3.05) is 37.6 Å². The Morgan fingerprint density at radius 3 is 2.00 bits per heavy atom. The molecule has 2 aliphatic heterocycles. The van der Waals surface area contributed by atoms with Crippen LogP contribution in [-0.2, 0) is 9.31 Å². The van der Waals surface area contributed by atoms with Crippen LogP contribution in [0.15, 0.2) is 24.3 Å². The molecule has 1 aliphatic carbocycles. The largest absolute Gasteiger partial charge is 0.494 e. The van der Waals surface area contributed by atoms with Gasteiger partial charge in [0.2, 0.25) is 0 Å². The van der Waals surface area contributed by atoms with Crippen molar-refractivity contribution < 1.29 is 9.31 Å². The molecule has 4 rings (SSSR count). The number of anilines is 1. The summed E-state index contributed by atoms with van der Waals surface area (Å²) in [7, 11) is -0.269. The Bertz CT molecular complexity index is 589. The maximum absolute atomic E-state index is 6.15. The maximum atomic E-state index is 6.15. The van der Waals surface area contributed by atoms with Gasteiger partial charge in [0, 0.05) is 38.4 Å². The van der Waals surface area contributed by atoms with Gasteiger partial charge in [-0.05, 0) is 64.1 Å². The Morgan fingerprint density at radius 2 is 1.48 bits per heavy atom. The molecular weight excluding hydrogens is 311 g/mol. The van der Waals surface area contributed by atoms with Crippen molar-refractivity contribution in [3.63, 3.8) is 0 Å². The Labute approximate surface area is 152 Å². The quantitative estimate of drug-likeness (QED) is 0.785. The van der Waals surface area contributed by atoms with Crippen molar-refractivity contribution in [1.29, 1.82) is 0 Å². The Kier molecular flexibility index (Phi) is 4.37. The topological polar surface area (TPSA) is 24.9 Å². The van der Waals surface area contributed by atoms with E-state index in [9.17, 15) is 0 Å². The molecule has 3 fully saturated rings. The van der Waals surface area contributed by atoms with Crippen molar-refractivity contribution in [1.82, 2.24) is 4.90 Å². The van der Waals surface area contributed by atoms with Crippen LogP contribution in [-0.4, -0.2) is 55.9 Å². The zero-order chi connectivity index (χ0) is 17.7. The second kappa shape index (κ2) is 6.29. The highest BCUT2D eigenvalue weighted by Crippen LogP contribution is 2.36. The highest BCUT2D eigenvalue weighted by molar-refractivity contribution is 6.62. The molecule has 1 saturated carbocycles. The van der Waals surface area contributed by atoms with Crippen LogP contribution in [0.4, 0.5) is 5.69 Å². The van der Waals surface area contributed by atoms with Gasteiger partial charge in [-0.15, -0.1) is 0 Å². The summed E-state index contributed by atoms with van der Waals surface area (Å²) in [6.07, 6.45) is 2.89. The predicted octanol–water partition coefficient (Wildman–Crippen LogP) is 2.52. The van der Waals surface area contributed by atoms with E-state index in [0.29, 0.717) is 0 Å². The number of hydrogen-bond donors (Lipinski definition) is 0. The lowest BCUT2D eigenvalue weighted by atomic mass is 9.79. The molecule has 0 N–H and O–H groups in total. The van der Waals surface area contributed by atoms with E-state index in [1.807, 2.05) is 0 Å². The van der Waals surface area contributed by atoms with Gasteiger partial charge in [0.25, 0.3) is 0 Å². The van der Waals surface area contributed by atoms with Crippen LogP contribution < -0.4 is 10.4 Å². The molecule has 5 heteroatoms. The van der Waals surface area contributed by atoms with Crippen molar-refractivity contribution in [2.45, 2.75) is 51.7 Å². The zero-order valence-corrected chi connectivity index (χ0v) is 16.1. The molecule has 136 valence electrons. The van der Waals surface area contributed by atoms with Gasteiger partial charge in [0.05, 0.1) is 11.2 Å². The molecule has 0 bridgehead atoms. The molecular formula is C20H31BN2O2. The number of nitrogens with zero attached hydrogens (tertiary/aromatic N) is 2. The molecule has 2 saturated heterocycles. The van der Waals surface area contributed by atoms with Crippen molar-refractivity contribution in [3.8, 4) is 0 Å². The lowest BCUT2D eigenvalue weighted by Crippen LogP contribution is -2.47. The van der Waals surface area contributed by atoms with Crippen molar-refractivity contribution in [2.24, 2.45) is 5.92 Å². The first-order valence-corrected chi connectivity index (χ1v) is 9.77. The maximum Gasteiger partial charge on any atom is 0.494 e. The van der Waals surface area contributed by atoms with Crippen LogP contribution in [0.25, 0.3) is 0 Å². The average Bonchev–Trinajstić information content (AvgIpc) is 3.35. The number of piperazine rings is 1. The molecule has 0 amide bonds. The summed E-state index contributed by atoms with van der Waals surface area (Å²) in [4.78, 5) is 5.13. The molecule has 1 aromatic rings. The summed E-state index contributed by atoms with van der Waals surface area (Å²) in [6.45, 7) is 14.3. The summed E-state index contributed by atoms with van der Waals surface area (Å²) in [5.41, 5.74) is 1.85. The second-order valence-electron chi connectivity index (χ2n) is 8.91. The van der Waals surface area contributed by atoms with E-state index >= 15 is 0 Å². The van der Waals surface area contributed by atoms with Gasteiger partial charge < -0.3 is 14.2 Å². The van der Waals surface area contributed by atoms with Crippen LogP contribution in [0, 0.1) is 5.92 Å². The first kappa shape index (κ1) is 17.4. The van der Waals surface area contributed by atoms with Crippen molar-refractivity contribution in [3.05, 3.63) is 24.3 Å². The van der Waals surface area contributed by atoms with Gasteiger partial charge in [-0.25, -0.2) is 0 Å². The summed E-state index contributed by atoms with van der Waals surface area (Å²) in [5, 5.41) is 0. The van der Waals surface area contributed by atoms with Gasteiger partial charge in [-0.2, -0.15) is 0 Å². The molecule has 0 radical (unpaired) electrons. The molecule has 0 aromatic heterocycles. The van der Waals surface area contributed by atoms with Gasteiger partial charge >= 0.3 is 7.12 Å². The first-order valence-electron chi connectivity index (χ1n) is 9.77. The summed E-state index contributed by atoms with van der Waals surface area (Å²) in [6, 6.07) is 8.76. The van der Waals surface area contributed by atoms with Crippen LogP contribution in [0.1, 0.15) is 40.5 Å². The standard InChI is InChI=1S/C20H31BN2O2/c1-19(2)20(3,4)25-21(24-19)17-7-9-18(10-8-17)23-13-11-22(12-14-23)15-16-5-6-16/h7-10,16H,5-6,11-15H2,1-4H3. The second-order valence-corrected chi connectivity index (χ2v) is 8.91. The molecule has 4 nitrogen and oxygen atoms in total. The fourth-order valence-corrected chi connectivity index (χ4v) is 3.68. The average molecular weight is 342 g/mol. The summed E-state index contributed by atoms with van der Waals surface area (Å²) >= 11 is 0. The minimum absolute atomic E-state index is 0.269. The molecule has 3 aliphatic rings. The third-order valence-corrected chi connectivity index (χ3v) is 6.37. The first-order chi connectivity index (χ1) is 11.8. The lowest BCUT2D eigenvalue weighted by Gasteiger charge is -2.36. The van der Waals surface area contributed by atoms with Gasteiger partial charge in [0.1, 0.15) is 0 Å². The number of rotatable bonds is 4. The summed E-state index contributed by atoms with van der Waals surface area (Å²) < 4.78 is 12.3. The smallest absolute Gasteiger partial charge is 0.399 e. The minimum Gasteiger partial charge on any atom is -0.399 e. The van der Waals surface area contributed by atoms with Crippen LogP contribution in [0.5, 0.6) is 0 Å². The van der Waals surface area contributed by atoms with Gasteiger partial charge in [-0.1, -0.05) is 12.1 Å². The molecule has 1 aromatic carbocycles. The number of benzene rings is 1. The van der Waals surface area contributed by atoms with E-state index in [1.54, 1.807) is 0 Å². The molecule has 0 unspecified atom stereocenters. The Balaban J connectivity index is 1.36. The molecule has 2 heterocycles. The molecule has 25 heavy (non-hydrogen) atoms. The zero-order valence-electron chi connectivity index (χ0n) is 16.1. The fraction of sp³-hybridized carbons (Fsp3) is 0.700. The fourth-order valence-electron chi connectivity index (χ4n) is 3.68.